The van der Waals surface area contributed by atoms with Gasteiger partial charge in [0.2, 0.25) is 0 Å². The minimum atomic E-state index is 0.704. The minimum absolute atomic E-state index is 0.704. The maximum atomic E-state index is 3.44. The normalized spacial score (nSPS) is 31.6. The molecule has 2 aromatic rings. The molecule has 3 atom stereocenters. The van der Waals surface area contributed by atoms with Crippen molar-refractivity contribution in [2.45, 2.75) is 31.7 Å². The molecule has 1 saturated heterocycles. The lowest BCUT2D eigenvalue weighted by Gasteiger charge is -2.44. The average molecular weight is 240 g/mol. The van der Waals surface area contributed by atoms with E-state index in [9.17, 15) is 0 Å². The molecular weight excluding hydrogens is 220 g/mol. The predicted molar refractivity (Wildman–Crippen MR) is 74.9 cm³/mol. The Bertz CT molecular complexity index is 598. The van der Waals surface area contributed by atoms with E-state index in [4.69, 9.17) is 0 Å². The van der Waals surface area contributed by atoms with Crippen molar-refractivity contribution < 1.29 is 0 Å². The van der Waals surface area contributed by atoms with E-state index in [-0.39, 0.29) is 0 Å². The van der Waals surface area contributed by atoms with Crippen LogP contribution in [-0.4, -0.2) is 29.5 Å². The number of nitrogens with one attached hydrogen (secondary N) is 1. The van der Waals surface area contributed by atoms with E-state index >= 15 is 0 Å². The molecule has 1 fully saturated rings. The van der Waals surface area contributed by atoms with Crippen LogP contribution >= 0.6 is 0 Å². The summed E-state index contributed by atoms with van der Waals surface area (Å²) in [6.07, 6.45) is 4.78. The Morgan fingerprint density at radius 3 is 3.11 bits per heavy atom. The van der Waals surface area contributed by atoms with Gasteiger partial charge in [-0.1, -0.05) is 19.1 Å². The van der Waals surface area contributed by atoms with E-state index < -0.39 is 0 Å². The fraction of sp³-hybridized carbons (Fsp3) is 0.500. The van der Waals surface area contributed by atoms with Crippen molar-refractivity contribution in [2.24, 2.45) is 5.92 Å². The summed E-state index contributed by atoms with van der Waals surface area (Å²) in [6.45, 7) is 3.64. The molecule has 4 rings (SSSR count). The number of likely N-dealkylation sites (N-methyl/N-ethyl adjacent to an activating group) is 1. The highest BCUT2D eigenvalue weighted by Crippen LogP contribution is 2.43. The number of hydrogen-bond donors (Lipinski definition) is 1. The van der Waals surface area contributed by atoms with Crippen molar-refractivity contribution in [3.05, 3.63) is 35.5 Å². The Kier molecular flexibility index (Phi) is 2.13. The van der Waals surface area contributed by atoms with Crippen LogP contribution in [0.25, 0.3) is 10.9 Å². The summed E-state index contributed by atoms with van der Waals surface area (Å²) in [6, 6.07) is 7.47. The first-order chi connectivity index (χ1) is 8.74. The largest absolute Gasteiger partial charge is 0.361 e. The van der Waals surface area contributed by atoms with Crippen LogP contribution in [0.4, 0.5) is 0 Å². The molecule has 2 aliphatic rings. The Balaban J connectivity index is 1.92. The zero-order chi connectivity index (χ0) is 12.3. The van der Waals surface area contributed by atoms with Crippen molar-refractivity contribution in [3.63, 3.8) is 0 Å². The van der Waals surface area contributed by atoms with Crippen LogP contribution in [-0.2, 0) is 6.42 Å². The molecular formula is C16H20N2. The zero-order valence-corrected chi connectivity index (χ0v) is 11.1. The smallest absolute Gasteiger partial charge is 0.0459 e. The Morgan fingerprint density at radius 2 is 2.22 bits per heavy atom. The number of nitrogens with zero attached hydrogens (tertiary/aromatic N) is 1. The third kappa shape index (κ3) is 1.33. The Labute approximate surface area is 108 Å². The summed E-state index contributed by atoms with van der Waals surface area (Å²) >= 11 is 0. The number of aromatic amines is 1. The van der Waals surface area contributed by atoms with E-state index in [1.165, 1.54) is 35.9 Å². The highest BCUT2D eigenvalue weighted by atomic mass is 15.1. The second-order valence-corrected chi connectivity index (χ2v) is 6.24. The third-order valence-corrected chi connectivity index (χ3v) is 4.93. The van der Waals surface area contributed by atoms with Gasteiger partial charge in [0.15, 0.2) is 0 Å². The fourth-order valence-electron chi connectivity index (χ4n) is 4.21. The van der Waals surface area contributed by atoms with Crippen LogP contribution in [0.2, 0.25) is 0 Å². The molecule has 2 nitrogen and oxygen atoms in total. The van der Waals surface area contributed by atoms with Gasteiger partial charge in [-0.25, -0.2) is 0 Å². The van der Waals surface area contributed by atoms with Gasteiger partial charge in [-0.05, 0) is 43.0 Å². The van der Waals surface area contributed by atoms with Gasteiger partial charge in [-0.3, -0.25) is 0 Å². The summed E-state index contributed by atoms with van der Waals surface area (Å²) < 4.78 is 0. The van der Waals surface area contributed by atoms with Gasteiger partial charge in [-0.15, -0.1) is 0 Å². The summed E-state index contributed by atoms with van der Waals surface area (Å²) in [5.74, 6) is 1.54. The molecule has 0 spiro atoms. The molecule has 2 heteroatoms. The van der Waals surface area contributed by atoms with E-state index in [0.717, 1.165) is 11.8 Å². The molecule has 1 N–H and O–H groups in total. The van der Waals surface area contributed by atoms with Crippen molar-refractivity contribution >= 4 is 10.9 Å². The first kappa shape index (κ1) is 10.6. The van der Waals surface area contributed by atoms with Gasteiger partial charge in [0, 0.05) is 35.6 Å². The quantitative estimate of drug-likeness (QED) is 0.749. The lowest BCUT2D eigenvalue weighted by Crippen LogP contribution is -2.47. The molecule has 0 amide bonds. The number of likely N-dealkylation sites (tertiary alicyclic amines) is 1. The number of fused-ring (bicyclic) bond motifs is 2. The summed E-state index contributed by atoms with van der Waals surface area (Å²) in [5.41, 5.74) is 4.42. The van der Waals surface area contributed by atoms with Crippen LogP contribution in [0.1, 0.15) is 30.4 Å². The summed E-state index contributed by atoms with van der Waals surface area (Å²) in [5, 5.41) is 1.52. The molecule has 1 aromatic heterocycles. The van der Waals surface area contributed by atoms with E-state index in [1.807, 2.05) is 0 Å². The van der Waals surface area contributed by atoms with Gasteiger partial charge >= 0.3 is 0 Å². The molecule has 1 unspecified atom stereocenters. The molecule has 2 heterocycles. The van der Waals surface area contributed by atoms with Gasteiger partial charge in [0.25, 0.3) is 0 Å². The van der Waals surface area contributed by atoms with Gasteiger partial charge in [-0.2, -0.15) is 0 Å². The topological polar surface area (TPSA) is 19.0 Å². The number of benzene rings is 1. The number of H-pyrrole nitrogens is 1. The third-order valence-electron chi connectivity index (χ3n) is 4.93. The molecule has 1 aromatic carbocycles. The number of aromatic nitrogens is 1. The number of rotatable bonds is 0. The lowest BCUT2D eigenvalue weighted by molar-refractivity contribution is 0.119. The SMILES string of the molecule is C[C@H]1CC2c3cccc4[nH]cc(c34)C[C@H]2N(C)C1. The standard InChI is InChI=1S/C16H20N2/c1-10-6-13-12-4-3-5-14-16(12)11(8-17-14)7-15(13)18(2)9-10/h3-5,8,10,13,15,17H,6-7,9H2,1-2H3/t10-,13?,15+/m0/s1. The summed E-state index contributed by atoms with van der Waals surface area (Å²) in [7, 11) is 2.30. The first-order valence-corrected chi connectivity index (χ1v) is 7.03. The van der Waals surface area contributed by atoms with E-state index in [0.29, 0.717) is 6.04 Å². The van der Waals surface area contributed by atoms with Crippen molar-refractivity contribution in [1.29, 1.82) is 0 Å². The lowest BCUT2D eigenvalue weighted by atomic mass is 9.73. The van der Waals surface area contributed by atoms with Crippen LogP contribution in [0.3, 0.4) is 0 Å². The van der Waals surface area contributed by atoms with Crippen molar-refractivity contribution in [1.82, 2.24) is 9.88 Å². The molecule has 94 valence electrons. The second kappa shape index (κ2) is 3.61. The molecule has 18 heavy (non-hydrogen) atoms. The summed E-state index contributed by atoms with van der Waals surface area (Å²) in [4.78, 5) is 6.01. The van der Waals surface area contributed by atoms with Gasteiger partial charge < -0.3 is 9.88 Å². The van der Waals surface area contributed by atoms with Gasteiger partial charge in [0.1, 0.15) is 0 Å². The van der Waals surface area contributed by atoms with E-state index in [2.05, 4.69) is 48.3 Å². The van der Waals surface area contributed by atoms with Crippen molar-refractivity contribution in [2.75, 3.05) is 13.6 Å². The Morgan fingerprint density at radius 1 is 1.33 bits per heavy atom. The highest BCUT2D eigenvalue weighted by molar-refractivity contribution is 5.88. The van der Waals surface area contributed by atoms with Crippen LogP contribution in [0.15, 0.2) is 24.4 Å². The molecule has 0 bridgehead atoms. The first-order valence-electron chi connectivity index (χ1n) is 7.03. The number of hydrogen-bond acceptors (Lipinski definition) is 1. The average Bonchev–Trinajstić information content (AvgIpc) is 2.76. The molecule has 0 saturated carbocycles. The van der Waals surface area contributed by atoms with Crippen molar-refractivity contribution in [3.8, 4) is 0 Å². The van der Waals surface area contributed by atoms with Crippen LogP contribution < -0.4 is 0 Å². The molecule has 0 radical (unpaired) electrons. The zero-order valence-electron chi connectivity index (χ0n) is 11.1. The van der Waals surface area contributed by atoms with Crippen LogP contribution in [0, 0.1) is 5.92 Å². The highest BCUT2D eigenvalue weighted by Gasteiger charge is 2.37. The predicted octanol–water partition coefficient (Wildman–Crippen LogP) is 3.15. The maximum Gasteiger partial charge on any atom is 0.0459 e. The van der Waals surface area contributed by atoms with Crippen LogP contribution in [0.5, 0.6) is 0 Å². The monoisotopic (exact) mass is 240 g/mol. The number of piperidine rings is 1. The molecule has 1 aliphatic heterocycles. The maximum absolute atomic E-state index is 3.44. The Hall–Kier alpha value is -1.28. The fourth-order valence-corrected chi connectivity index (χ4v) is 4.21. The minimum Gasteiger partial charge on any atom is -0.361 e. The molecule has 1 aliphatic carbocycles. The second-order valence-electron chi connectivity index (χ2n) is 6.24. The van der Waals surface area contributed by atoms with Gasteiger partial charge in [0.05, 0.1) is 0 Å². The van der Waals surface area contributed by atoms with E-state index in [1.54, 1.807) is 5.56 Å².